The molecule has 1 heterocycles. The Bertz CT molecular complexity index is 741. The summed E-state index contributed by atoms with van der Waals surface area (Å²) < 4.78 is 26.8. The maximum Gasteiger partial charge on any atom is 0.271 e. The molecule has 10 heteroatoms. The molecule has 1 aliphatic rings. The minimum Gasteiger partial charge on any atom is -0.389 e. The molecule has 3 atom stereocenters. The highest BCUT2D eigenvalue weighted by Gasteiger charge is 2.33. The van der Waals surface area contributed by atoms with Crippen LogP contribution < -0.4 is 10.0 Å². The Hall–Kier alpha value is -1.62. The van der Waals surface area contributed by atoms with Crippen molar-refractivity contribution in [1.29, 1.82) is 0 Å². The fraction of sp³-hybridized carbons (Fsp3) is 0.750. The molecule has 0 bridgehead atoms. The molecule has 1 saturated carbocycles. The molecular weight excluding hydrogens is 408 g/mol. The van der Waals surface area contributed by atoms with Gasteiger partial charge in [0, 0.05) is 18.9 Å². The number of aliphatic hydroxyl groups is 2. The first-order chi connectivity index (χ1) is 14.3. The van der Waals surface area contributed by atoms with E-state index in [-0.39, 0.29) is 12.2 Å². The molecule has 30 heavy (non-hydrogen) atoms. The van der Waals surface area contributed by atoms with Crippen LogP contribution in [0.5, 0.6) is 0 Å². The van der Waals surface area contributed by atoms with Crippen LogP contribution in [-0.4, -0.2) is 65.1 Å². The molecule has 1 aromatic rings. The van der Waals surface area contributed by atoms with Gasteiger partial charge in [-0.05, 0) is 18.8 Å². The number of amides is 1. The van der Waals surface area contributed by atoms with Crippen molar-refractivity contribution in [3.63, 3.8) is 0 Å². The zero-order valence-electron chi connectivity index (χ0n) is 17.5. The van der Waals surface area contributed by atoms with Gasteiger partial charge in [-0.2, -0.15) is 0 Å². The molecule has 1 aliphatic carbocycles. The molecule has 170 valence electrons. The summed E-state index contributed by atoms with van der Waals surface area (Å²) in [6.45, 7) is 2.24. The predicted octanol–water partition coefficient (Wildman–Crippen LogP) is 0.987. The molecule has 1 fully saturated rings. The molecule has 0 spiro atoms. The van der Waals surface area contributed by atoms with Gasteiger partial charge in [0.1, 0.15) is 11.8 Å². The first-order valence-corrected chi connectivity index (χ1v) is 12.4. The second-order valence-corrected chi connectivity index (χ2v) is 9.85. The van der Waals surface area contributed by atoms with E-state index in [9.17, 15) is 23.4 Å². The molecule has 9 nitrogen and oxygen atoms in total. The fourth-order valence-corrected chi connectivity index (χ4v) is 5.00. The fourth-order valence-electron chi connectivity index (χ4n) is 3.78. The lowest BCUT2D eigenvalue weighted by Crippen LogP contribution is -2.52. The van der Waals surface area contributed by atoms with E-state index in [0.29, 0.717) is 18.8 Å². The van der Waals surface area contributed by atoms with E-state index in [0.717, 1.165) is 32.1 Å². The van der Waals surface area contributed by atoms with Crippen LogP contribution in [0.25, 0.3) is 0 Å². The van der Waals surface area contributed by atoms with Gasteiger partial charge in [-0.15, -0.1) is 0 Å². The summed E-state index contributed by atoms with van der Waals surface area (Å²) in [6, 6.07) is -0.788. The first kappa shape index (κ1) is 24.6. The highest BCUT2D eigenvalue weighted by Crippen LogP contribution is 2.28. The smallest absolute Gasteiger partial charge is 0.271 e. The molecule has 2 rings (SSSR count). The Morgan fingerprint density at radius 2 is 1.97 bits per heavy atom. The lowest BCUT2D eigenvalue weighted by Gasteiger charge is -2.32. The van der Waals surface area contributed by atoms with Gasteiger partial charge < -0.3 is 15.5 Å². The van der Waals surface area contributed by atoms with Crippen molar-refractivity contribution in [1.82, 2.24) is 20.0 Å². The third-order valence-corrected chi connectivity index (χ3v) is 6.90. The Balaban J connectivity index is 2.06. The largest absolute Gasteiger partial charge is 0.389 e. The van der Waals surface area contributed by atoms with Crippen LogP contribution in [0.3, 0.4) is 0 Å². The number of carbonyl (C=O) groups is 1. The Kier molecular flexibility index (Phi) is 10.1. The number of carbonyl (C=O) groups excluding carboxylic acids is 1. The van der Waals surface area contributed by atoms with Crippen molar-refractivity contribution in [2.75, 3.05) is 12.3 Å². The zero-order valence-corrected chi connectivity index (χ0v) is 18.4. The van der Waals surface area contributed by atoms with Crippen molar-refractivity contribution in [2.24, 2.45) is 5.92 Å². The maximum atomic E-state index is 12.5. The third kappa shape index (κ3) is 8.25. The first-order valence-electron chi connectivity index (χ1n) is 10.7. The molecule has 3 unspecified atom stereocenters. The van der Waals surface area contributed by atoms with Crippen molar-refractivity contribution in [2.45, 2.75) is 76.5 Å². The standard InChI is InChI=1S/C20H34N4O5S/c1-2-3-9-23-30(28,29)14-18(25)19(26)16(12-15-7-5-4-6-8-15)24-20(27)17-13-21-10-11-22-17/h10-11,13,15-16,18-19,23,25-26H,2-9,12,14H2,1H3,(H,24,27). The van der Waals surface area contributed by atoms with Crippen LogP contribution in [0, 0.1) is 5.92 Å². The van der Waals surface area contributed by atoms with E-state index in [2.05, 4.69) is 20.0 Å². The van der Waals surface area contributed by atoms with Gasteiger partial charge >= 0.3 is 0 Å². The molecular formula is C20H34N4O5S. The van der Waals surface area contributed by atoms with Gasteiger partial charge in [0.2, 0.25) is 10.0 Å². The number of sulfonamides is 1. The second kappa shape index (κ2) is 12.3. The lowest BCUT2D eigenvalue weighted by atomic mass is 9.83. The highest BCUT2D eigenvalue weighted by atomic mass is 32.2. The minimum atomic E-state index is -3.74. The second-order valence-electron chi connectivity index (χ2n) is 8.00. The summed E-state index contributed by atoms with van der Waals surface area (Å²) in [5.74, 6) is -0.841. The van der Waals surface area contributed by atoms with Gasteiger partial charge in [0.25, 0.3) is 5.91 Å². The normalized spacial score (nSPS) is 18.5. The topological polar surface area (TPSA) is 142 Å². The van der Waals surface area contributed by atoms with Crippen LogP contribution in [0.4, 0.5) is 0 Å². The Labute approximate surface area is 178 Å². The quantitative estimate of drug-likeness (QED) is 0.354. The predicted molar refractivity (Wildman–Crippen MR) is 113 cm³/mol. The molecule has 0 aromatic carbocycles. The Morgan fingerprint density at radius 1 is 1.23 bits per heavy atom. The van der Waals surface area contributed by atoms with E-state index >= 15 is 0 Å². The van der Waals surface area contributed by atoms with Crippen molar-refractivity contribution in [3.05, 3.63) is 24.3 Å². The summed E-state index contributed by atoms with van der Waals surface area (Å²) in [5, 5.41) is 23.9. The number of aliphatic hydroxyl groups excluding tert-OH is 2. The summed E-state index contributed by atoms with van der Waals surface area (Å²) in [5.41, 5.74) is 0.0988. The van der Waals surface area contributed by atoms with Crippen LogP contribution in [-0.2, 0) is 10.0 Å². The average Bonchev–Trinajstić information content (AvgIpc) is 2.73. The number of nitrogens with one attached hydrogen (secondary N) is 2. The van der Waals surface area contributed by atoms with Gasteiger partial charge in [0.05, 0.1) is 24.1 Å². The van der Waals surface area contributed by atoms with E-state index in [1.54, 1.807) is 0 Å². The molecule has 1 aromatic heterocycles. The van der Waals surface area contributed by atoms with Gasteiger partial charge in [0.15, 0.2) is 0 Å². The zero-order chi connectivity index (χ0) is 22.0. The van der Waals surface area contributed by atoms with E-state index in [1.165, 1.54) is 25.0 Å². The van der Waals surface area contributed by atoms with Crippen molar-refractivity contribution >= 4 is 15.9 Å². The molecule has 0 aliphatic heterocycles. The summed E-state index contributed by atoms with van der Waals surface area (Å²) in [7, 11) is -3.74. The van der Waals surface area contributed by atoms with E-state index in [4.69, 9.17) is 0 Å². The highest BCUT2D eigenvalue weighted by molar-refractivity contribution is 7.89. The van der Waals surface area contributed by atoms with Gasteiger partial charge in [-0.1, -0.05) is 45.4 Å². The summed E-state index contributed by atoms with van der Waals surface area (Å²) >= 11 is 0. The van der Waals surface area contributed by atoms with Gasteiger partial charge in [-0.25, -0.2) is 18.1 Å². The third-order valence-electron chi connectivity index (χ3n) is 5.47. The Morgan fingerprint density at radius 3 is 2.60 bits per heavy atom. The number of rotatable bonds is 12. The number of unbranched alkanes of at least 4 members (excludes halogenated alkanes) is 1. The van der Waals surface area contributed by atoms with E-state index < -0.39 is 39.9 Å². The van der Waals surface area contributed by atoms with Crippen molar-refractivity contribution in [3.8, 4) is 0 Å². The summed E-state index contributed by atoms with van der Waals surface area (Å²) in [6.07, 6.45) is 8.52. The number of nitrogens with zero attached hydrogens (tertiary/aromatic N) is 2. The van der Waals surface area contributed by atoms with Crippen LogP contribution in [0.1, 0.15) is 68.8 Å². The lowest BCUT2D eigenvalue weighted by molar-refractivity contribution is 0.00195. The number of aromatic nitrogens is 2. The number of hydrogen-bond acceptors (Lipinski definition) is 7. The van der Waals surface area contributed by atoms with Crippen LogP contribution >= 0.6 is 0 Å². The minimum absolute atomic E-state index is 0.0988. The SMILES string of the molecule is CCCCNS(=O)(=O)CC(O)C(O)C(CC1CCCCC1)NC(=O)c1cnccn1. The van der Waals surface area contributed by atoms with Crippen LogP contribution in [0.15, 0.2) is 18.6 Å². The van der Waals surface area contributed by atoms with Crippen LogP contribution in [0.2, 0.25) is 0 Å². The molecule has 1 amide bonds. The monoisotopic (exact) mass is 442 g/mol. The molecule has 0 saturated heterocycles. The van der Waals surface area contributed by atoms with Gasteiger partial charge in [-0.3, -0.25) is 9.78 Å². The number of hydrogen-bond donors (Lipinski definition) is 4. The van der Waals surface area contributed by atoms with E-state index in [1.807, 2.05) is 6.92 Å². The maximum absolute atomic E-state index is 12.5. The van der Waals surface area contributed by atoms with Crippen molar-refractivity contribution < 1.29 is 23.4 Å². The molecule has 4 N–H and O–H groups in total. The molecule has 0 radical (unpaired) electrons. The summed E-state index contributed by atoms with van der Waals surface area (Å²) in [4.78, 5) is 20.4. The average molecular weight is 443 g/mol.